The second kappa shape index (κ2) is 8.78. The Hall–Kier alpha value is -3.34. The van der Waals surface area contributed by atoms with Gasteiger partial charge in [0.25, 0.3) is 0 Å². The molecule has 0 aromatic carbocycles. The number of nitrogens with zero attached hydrogens (tertiary/aromatic N) is 5. The molecule has 3 rings (SSSR count). The van der Waals surface area contributed by atoms with Crippen LogP contribution in [0.15, 0.2) is 24.4 Å². The molecule has 154 valence electrons. The van der Waals surface area contributed by atoms with Crippen LogP contribution in [0.25, 0.3) is 11.4 Å². The van der Waals surface area contributed by atoms with Crippen molar-refractivity contribution in [2.24, 2.45) is 7.05 Å². The van der Waals surface area contributed by atoms with Gasteiger partial charge in [-0.05, 0) is 32.0 Å². The Morgan fingerprint density at radius 2 is 2.07 bits per heavy atom. The number of ether oxygens (including phenoxy) is 1. The summed E-state index contributed by atoms with van der Waals surface area (Å²) in [6.07, 6.45) is -1.25. The Labute approximate surface area is 170 Å². The second-order valence-electron chi connectivity index (χ2n) is 5.99. The molecule has 0 saturated heterocycles. The van der Waals surface area contributed by atoms with Crippen molar-refractivity contribution in [3.63, 3.8) is 0 Å². The number of rotatable bonds is 4. The highest BCUT2D eigenvalue weighted by atomic mass is 35.5. The second-order valence-corrected chi connectivity index (χ2v) is 5.99. The van der Waals surface area contributed by atoms with E-state index < -0.39 is 24.0 Å². The van der Waals surface area contributed by atoms with Gasteiger partial charge in [-0.15, -0.1) is 17.5 Å². The van der Waals surface area contributed by atoms with Gasteiger partial charge in [-0.3, -0.25) is 5.32 Å². The third kappa shape index (κ3) is 4.74. The molecule has 0 unspecified atom stereocenters. The highest BCUT2D eigenvalue weighted by Gasteiger charge is 2.21. The largest absolute Gasteiger partial charge is 0.441 e. The van der Waals surface area contributed by atoms with Crippen LogP contribution in [0.3, 0.4) is 0 Å². The molecule has 0 bridgehead atoms. The average Bonchev–Trinajstić information content (AvgIpc) is 3.00. The zero-order valence-electron chi connectivity index (χ0n) is 15.7. The fourth-order valence-corrected chi connectivity index (χ4v) is 2.45. The van der Waals surface area contributed by atoms with Gasteiger partial charge in [-0.2, -0.15) is 4.39 Å². The van der Waals surface area contributed by atoms with Crippen LogP contribution in [0.4, 0.5) is 25.1 Å². The van der Waals surface area contributed by atoms with Gasteiger partial charge in [0.05, 0.1) is 28.8 Å². The number of pyridine rings is 2. The maximum atomic E-state index is 13.7. The molecule has 3 aromatic rings. The Bertz CT molecular complexity index is 1040. The summed E-state index contributed by atoms with van der Waals surface area (Å²) in [5, 5.41) is 10.4. The molecule has 1 amide bonds. The van der Waals surface area contributed by atoms with Gasteiger partial charge in [0, 0.05) is 7.05 Å². The topological polar surface area (TPSA) is 121 Å². The monoisotopic (exact) mass is 425 g/mol. The Balaban J connectivity index is 0.00000300. The van der Waals surface area contributed by atoms with Gasteiger partial charge in [0.1, 0.15) is 11.9 Å². The molecule has 9 nitrogen and oxygen atoms in total. The van der Waals surface area contributed by atoms with Gasteiger partial charge >= 0.3 is 6.09 Å². The van der Waals surface area contributed by atoms with E-state index in [2.05, 4.69) is 25.6 Å². The van der Waals surface area contributed by atoms with E-state index in [4.69, 9.17) is 10.5 Å². The van der Waals surface area contributed by atoms with Crippen LogP contribution in [0.1, 0.15) is 24.3 Å². The van der Waals surface area contributed by atoms with Crippen molar-refractivity contribution < 1.29 is 18.3 Å². The molecule has 0 radical (unpaired) electrons. The summed E-state index contributed by atoms with van der Waals surface area (Å²) in [4.78, 5) is 19.9. The zero-order chi connectivity index (χ0) is 20.4. The van der Waals surface area contributed by atoms with E-state index in [1.807, 2.05) is 0 Å². The van der Waals surface area contributed by atoms with E-state index >= 15 is 0 Å². The molecule has 3 heterocycles. The summed E-state index contributed by atoms with van der Waals surface area (Å²) in [6.45, 7) is 3.13. The quantitative estimate of drug-likeness (QED) is 0.615. The van der Waals surface area contributed by atoms with Gasteiger partial charge in [0.2, 0.25) is 5.95 Å². The zero-order valence-corrected chi connectivity index (χ0v) is 16.5. The maximum Gasteiger partial charge on any atom is 0.413 e. The molecule has 0 fully saturated rings. The molecule has 0 aliphatic rings. The molecular formula is C17H18ClF2N7O2. The van der Waals surface area contributed by atoms with E-state index in [9.17, 15) is 13.6 Å². The van der Waals surface area contributed by atoms with E-state index in [1.54, 1.807) is 26.1 Å². The lowest BCUT2D eigenvalue weighted by molar-refractivity contribution is 0.118. The highest BCUT2D eigenvalue weighted by Crippen LogP contribution is 2.26. The van der Waals surface area contributed by atoms with Crippen LogP contribution in [-0.2, 0) is 11.8 Å². The van der Waals surface area contributed by atoms with Gasteiger partial charge in [-0.25, -0.2) is 23.8 Å². The Morgan fingerprint density at radius 3 is 2.76 bits per heavy atom. The summed E-state index contributed by atoms with van der Waals surface area (Å²) in [6, 6.07) is 4.22. The van der Waals surface area contributed by atoms with Crippen LogP contribution in [0, 0.1) is 18.7 Å². The molecule has 29 heavy (non-hydrogen) atoms. The van der Waals surface area contributed by atoms with Crippen LogP contribution < -0.4 is 11.1 Å². The van der Waals surface area contributed by atoms with Crippen LogP contribution in [0.5, 0.6) is 0 Å². The van der Waals surface area contributed by atoms with Gasteiger partial charge < -0.3 is 10.5 Å². The van der Waals surface area contributed by atoms with E-state index in [1.165, 1.54) is 11.6 Å². The number of nitrogen functional groups attached to an aromatic ring is 1. The molecule has 1 atom stereocenters. The minimum atomic E-state index is -1.08. The lowest BCUT2D eigenvalue weighted by Gasteiger charge is -2.15. The van der Waals surface area contributed by atoms with Crippen molar-refractivity contribution in [1.82, 2.24) is 25.0 Å². The van der Waals surface area contributed by atoms with Crippen LogP contribution in [-0.4, -0.2) is 31.1 Å². The SMILES string of the molecule is Cc1nc(-c2nnn(C)c2NC(=O)O[C@H](C)c2cc(F)cnc2F)ccc1N.Cl. The molecule has 0 spiro atoms. The van der Waals surface area contributed by atoms with Crippen molar-refractivity contribution in [1.29, 1.82) is 0 Å². The van der Waals surface area contributed by atoms with Crippen LogP contribution in [0.2, 0.25) is 0 Å². The first-order valence-electron chi connectivity index (χ1n) is 8.18. The minimum absolute atomic E-state index is 0. The lowest BCUT2D eigenvalue weighted by Crippen LogP contribution is -2.19. The number of hydrogen-bond acceptors (Lipinski definition) is 7. The normalized spacial score (nSPS) is 11.5. The number of hydrogen-bond donors (Lipinski definition) is 2. The molecule has 12 heteroatoms. The summed E-state index contributed by atoms with van der Waals surface area (Å²) >= 11 is 0. The number of aryl methyl sites for hydroxylation is 2. The number of anilines is 2. The van der Waals surface area contributed by atoms with Crippen molar-refractivity contribution >= 4 is 30.0 Å². The third-order valence-electron chi connectivity index (χ3n) is 3.97. The number of aromatic nitrogens is 5. The smallest absolute Gasteiger partial charge is 0.413 e. The molecular weight excluding hydrogens is 408 g/mol. The van der Waals surface area contributed by atoms with E-state index in [0.717, 1.165) is 12.3 Å². The molecule has 3 N–H and O–H groups in total. The molecule has 0 aliphatic carbocycles. The Kier molecular flexibility index (Phi) is 6.64. The van der Waals surface area contributed by atoms with Crippen molar-refractivity contribution in [2.45, 2.75) is 20.0 Å². The first kappa shape index (κ1) is 22.0. The molecule has 3 aromatic heterocycles. The molecule has 0 saturated carbocycles. The number of nitrogens with one attached hydrogen (secondary N) is 1. The fourth-order valence-electron chi connectivity index (χ4n) is 2.45. The average molecular weight is 426 g/mol. The van der Waals surface area contributed by atoms with E-state index in [0.29, 0.717) is 22.8 Å². The van der Waals surface area contributed by atoms with Crippen molar-refractivity contribution in [2.75, 3.05) is 11.1 Å². The van der Waals surface area contributed by atoms with Crippen molar-refractivity contribution in [3.8, 4) is 11.4 Å². The lowest BCUT2D eigenvalue weighted by atomic mass is 10.2. The summed E-state index contributed by atoms with van der Waals surface area (Å²) in [5.74, 6) is -1.45. The maximum absolute atomic E-state index is 13.7. The predicted octanol–water partition coefficient (Wildman–Crippen LogP) is 3.17. The fraction of sp³-hybridized carbons (Fsp3) is 0.235. The minimum Gasteiger partial charge on any atom is -0.441 e. The molecule has 0 aliphatic heterocycles. The standard InChI is InChI=1S/C17H17F2N7O2.ClH/c1-8-12(20)4-5-13(22-8)14-16(26(3)25-24-14)23-17(27)28-9(2)11-6-10(18)7-21-15(11)19;/h4-7,9H,20H2,1-3H3,(H,23,27);1H/t9-;/m1./s1. The first-order chi connectivity index (χ1) is 13.3. The number of nitrogens with two attached hydrogens (primary N) is 1. The summed E-state index contributed by atoms with van der Waals surface area (Å²) in [5.41, 5.74) is 7.44. The van der Waals surface area contributed by atoms with E-state index in [-0.39, 0.29) is 23.8 Å². The van der Waals surface area contributed by atoms with Crippen LogP contribution >= 0.6 is 12.4 Å². The number of halogens is 3. The number of amides is 1. The first-order valence-corrected chi connectivity index (χ1v) is 8.18. The highest BCUT2D eigenvalue weighted by molar-refractivity contribution is 5.88. The summed E-state index contributed by atoms with van der Waals surface area (Å²) < 4.78 is 33.5. The van der Waals surface area contributed by atoms with Crippen molar-refractivity contribution in [3.05, 3.63) is 47.4 Å². The number of carbonyl (C=O) groups is 1. The van der Waals surface area contributed by atoms with Gasteiger partial charge in [-0.1, -0.05) is 5.21 Å². The number of carbonyl (C=O) groups excluding carboxylic acids is 1. The summed E-state index contributed by atoms with van der Waals surface area (Å²) in [7, 11) is 1.57. The predicted molar refractivity (Wildman–Crippen MR) is 103 cm³/mol. The Morgan fingerprint density at radius 1 is 1.34 bits per heavy atom. The third-order valence-corrected chi connectivity index (χ3v) is 3.97. The van der Waals surface area contributed by atoms with Gasteiger partial charge in [0.15, 0.2) is 11.5 Å².